The van der Waals surface area contributed by atoms with Crippen molar-refractivity contribution in [1.29, 1.82) is 0 Å². The Kier molecular flexibility index (Phi) is 4.13. The average Bonchev–Trinajstić information content (AvgIpc) is 2.70. The van der Waals surface area contributed by atoms with Crippen LogP contribution in [0.25, 0.3) is 0 Å². The molecule has 1 fully saturated rings. The first-order valence-electron chi connectivity index (χ1n) is 6.97. The van der Waals surface area contributed by atoms with Crippen LogP contribution in [0.2, 0.25) is 0 Å². The molecule has 1 N–H and O–H groups in total. The largest absolute Gasteiger partial charge is 0.497 e. The lowest BCUT2D eigenvalue weighted by molar-refractivity contribution is -0.119. The summed E-state index contributed by atoms with van der Waals surface area (Å²) in [6.45, 7) is 4.42. The number of benzene rings is 1. The molecular formula is C16H23NO2. The van der Waals surface area contributed by atoms with Crippen molar-refractivity contribution in [2.75, 3.05) is 7.11 Å². The molecule has 2 rings (SSSR count). The molecule has 19 heavy (non-hydrogen) atoms. The van der Waals surface area contributed by atoms with Gasteiger partial charge >= 0.3 is 0 Å². The van der Waals surface area contributed by atoms with Crippen molar-refractivity contribution in [2.24, 2.45) is 5.92 Å². The SMILES string of the molecule is COc1ccc(CC2(CC(C)C)CCC(=O)N2)cc1. The topological polar surface area (TPSA) is 38.3 Å². The Bertz CT molecular complexity index is 439. The number of amides is 1. The third-order valence-corrected chi connectivity index (χ3v) is 3.74. The first kappa shape index (κ1) is 13.9. The third-order valence-electron chi connectivity index (χ3n) is 3.74. The molecule has 0 spiro atoms. The Hall–Kier alpha value is -1.51. The van der Waals surface area contributed by atoms with Crippen LogP contribution in [0.3, 0.4) is 0 Å². The number of hydrogen-bond donors (Lipinski definition) is 1. The van der Waals surface area contributed by atoms with Crippen LogP contribution in [-0.4, -0.2) is 18.6 Å². The van der Waals surface area contributed by atoms with Gasteiger partial charge in [0.2, 0.25) is 5.91 Å². The molecule has 1 saturated heterocycles. The summed E-state index contributed by atoms with van der Waals surface area (Å²) in [7, 11) is 1.67. The zero-order chi connectivity index (χ0) is 13.9. The Morgan fingerprint density at radius 2 is 2.00 bits per heavy atom. The van der Waals surface area contributed by atoms with Crippen molar-refractivity contribution in [2.45, 2.75) is 45.1 Å². The van der Waals surface area contributed by atoms with E-state index < -0.39 is 0 Å². The summed E-state index contributed by atoms with van der Waals surface area (Å²) in [6.07, 6.45) is 3.53. The molecule has 1 atom stereocenters. The van der Waals surface area contributed by atoms with Gasteiger partial charge in [0.25, 0.3) is 0 Å². The molecule has 1 aromatic rings. The Labute approximate surface area is 115 Å². The highest BCUT2D eigenvalue weighted by Crippen LogP contribution is 2.31. The van der Waals surface area contributed by atoms with E-state index in [0.29, 0.717) is 12.3 Å². The predicted octanol–water partition coefficient (Wildman–Crippen LogP) is 2.93. The molecule has 0 aromatic heterocycles. The van der Waals surface area contributed by atoms with E-state index in [-0.39, 0.29) is 11.4 Å². The molecule has 3 nitrogen and oxygen atoms in total. The van der Waals surface area contributed by atoms with Gasteiger partial charge in [0, 0.05) is 12.0 Å². The minimum atomic E-state index is -0.0557. The number of carbonyl (C=O) groups is 1. The molecule has 104 valence electrons. The molecule has 0 aliphatic carbocycles. The average molecular weight is 261 g/mol. The highest BCUT2D eigenvalue weighted by Gasteiger charge is 2.37. The zero-order valence-corrected chi connectivity index (χ0v) is 12.0. The molecule has 3 heteroatoms. The summed E-state index contributed by atoms with van der Waals surface area (Å²) in [5.74, 6) is 1.64. The van der Waals surface area contributed by atoms with Crippen LogP contribution in [0.5, 0.6) is 5.75 Å². The van der Waals surface area contributed by atoms with E-state index in [4.69, 9.17) is 4.74 Å². The quantitative estimate of drug-likeness (QED) is 0.885. The van der Waals surface area contributed by atoms with E-state index in [1.807, 2.05) is 12.1 Å². The van der Waals surface area contributed by atoms with E-state index >= 15 is 0 Å². The predicted molar refractivity (Wildman–Crippen MR) is 76.3 cm³/mol. The maximum atomic E-state index is 11.6. The third kappa shape index (κ3) is 3.49. The fourth-order valence-corrected chi connectivity index (χ4v) is 3.05. The van der Waals surface area contributed by atoms with Crippen LogP contribution < -0.4 is 10.1 Å². The molecule has 1 aliphatic rings. The van der Waals surface area contributed by atoms with Crippen LogP contribution >= 0.6 is 0 Å². The summed E-state index contributed by atoms with van der Waals surface area (Å²) in [4.78, 5) is 11.6. The Morgan fingerprint density at radius 3 is 2.47 bits per heavy atom. The molecule has 1 amide bonds. The van der Waals surface area contributed by atoms with Gasteiger partial charge < -0.3 is 10.1 Å². The van der Waals surface area contributed by atoms with Gasteiger partial charge in [0.15, 0.2) is 0 Å². The second kappa shape index (κ2) is 5.64. The van der Waals surface area contributed by atoms with Crippen LogP contribution in [0.1, 0.15) is 38.7 Å². The molecular weight excluding hydrogens is 238 g/mol. The van der Waals surface area contributed by atoms with Gasteiger partial charge in [-0.1, -0.05) is 26.0 Å². The molecule has 1 heterocycles. The minimum absolute atomic E-state index is 0.0557. The fraction of sp³-hybridized carbons (Fsp3) is 0.562. The highest BCUT2D eigenvalue weighted by molar-refractivity contribution is 5.79. The minimum Gasteiger partial charge on any atom is -0.497 e. The number of carbonyl (C=O) groups excluding carboxylic acids is 1. The normalized spacial score (nSPS) is 22.6. The smallest absolute Gasteiger partial charge is 0.220 e. The fourth-order valence-electron chi connectivity index (χ4n) is 3.05. The van der Waals surface area contributed by atoms with Gasteiger partial charge in [0.1, 0.15) is 5.75 Å². The van der Waals surface area contributed by atoms with E-state index in [2.05, 4.69) is 31.3 Å². The summed E-state index contributed by atoms with van der Waals surface area (Å²) in [5, 5.41) is 3.21. The van der Waals surface area contributed by atoms with E-state index in [1.165, 1.54) is 5.56 Å². The number of hydrogen-bond acceptors (Lipinski definition) is 2. The van der Waals surface area contributed by atoms with E-state index in [1.54, 1.807) is 7.11 Å². The highest BCUT2D eigenvalue weighted by atomic mass is 16.5. The van der Waals surface area contributed by atoms with Crippen molar-refractivity contribution in [1.82, 2.24) is 5.32 Å². The number of ether oxygens (including phenoxy) is 1. The van der Waals surface area contributed by atoms with Crippen LogP contribution in [0.4, 0.5) is 0 Å². The summed E-state index contributed by atoms with van der Waals surface area (Å²) in [5.41, 5.74) is 1.20. The molecule has 0 radical (unpaired) electrons. The molecule has 1 aliphatic heterocycles. The van der Waals surface area contributed by atoms with Gasteiger partial charge in [-0.2, -0.15) is 0 Å². The van der Waals surface area contributed by atoms with Crippen molar-refractivity contribution < 1.29 is 9.53 Å². The maximum Gasteiger partial charge on any atom is 0.220 e. The summed E-state index contributed by atoms with van der Waals surface area (Å²) >= 11 is 0. The standard InChI is InChI=1S/C16H23NO2/c1-12(2)10-16(9-8-15(18)17-16)11-13-4-6-14(19-3)7-5-13/h4-7,12H,8-11H2,1-3H3,(H,17,18). The molecule has 0 bridgehead atoms. The van der Waals surface area contributed by atoms with Crippen molar-refractivity contribution >= 4 is 5.91 Å². The van der Waals surface area contributed by atoms with E-state index in [9.17, 15) is 4.79 Å². The summed E-state index contributed by atoms with van der Waals surface area (Å²) in [6, 6.07) is 8.14. The first-order valence-corrected chi connectivity index (χ1v) is 6.97. The summed E-state index contributed by atoms with van der Waals surface area (Å²) < 4.78 is 5.18. The molecule has 1 aromatic carbocycles. The number of methoxy groups -OCH3 is 1. The number of rotatable bonds is 5. The van der Waals surface area contributed by atoms with Gasteiger partial charge in [0.05, 0.1) is 7.11 Å². The molecule has 0 saturated carbocycles. The van der Waals surface area contributed by atoms with Gasteiger partial charge in [-0.25, -0.2) is 0 Å². The van der Waals surface area contributed by atoms with Crippen LogP contribution in [-0.2, 0) is 11.2 Å². The van der Waals surface area contributed by atoms with Crippen molar-refractivity contribution in [3.05, 3.63) is 29.8 Å². The lowest BCUT2D eigenvalue weighted by Gasteiger charge is -2.31. The maximum absolute atomic E-state index is 11.6. The van der Waals surface area contributed by atoms with Gasteiger partial charge in [-0.05, 0) is 42.9 Å². The van der Waals surface area contributed by atoms with Crippen LogP contribution in [0, 0.1) is 5.92 Å². The van der Waals surface area contributed by atoms with Crippen LogP contribution in [0.15, 0.2) is 24.3 Å². The van der Waals surface area contributed by atoms with Crippen molar-refractivity contribution in [3.63, 3.8) is 0 Å². The second-order valence-electron chi connectivity index (χ2n) is 5.95. The lowest BCUT2D eigenvalue weighted by atomic mass is 9.82. The van der Waals surface area contributed by atoms with Gasteiger partial charge in [-0.3, -0.25) is 4.79 Å². The van der Waals surface area contributed by atoms with Crippen molar-refractivity contribution in [3.8, 4) is 5.75 Å². The first-order chi connectivity index (χ1) is 9.03. The lowest BCUT2D eigenvalue weighted by Crippen LogP contribution is -2.44. The van der Waals surface area contributed by atoms with Gasteiger partial charge in [-0.15, -0.1) is 0 Å². The Balaban J connectivity index is 2.13. The van der Waals surface area contributed by atoms with E-state index in [0.717, 1.165) is 25.0 Å². The molecule has 1 unspecified atom stereocenters. The Morgan fingerprint density at radius 1 is 1.32 bits per heavy atom. The second-order valence-corrected chi connectivity index (χ2v) is 5.95. The monoisotopic (exact) mass is 261 g/mol. The number of nitrogens with one attached hydrogen (secondary N) is 1. The zero-order valence-electron chi connectivity index (χ0n) is 12.0.